The summed E-state index contributed by atoms with van der Waals surface area (Å²) in [6, 6.07) is 11.4. The van der Waals surface area contributed by atoms with Crippen molar-refractivity contribution in [3.63, 3.8) is 0 Å². The standard InChI is InChI=1S/C22H24N2/c1-13(2)8-15-10-18-20-19(11-15)23-12-24-21(20)16-9-14(3)6-7-17(16)22(18,4)5/h6-7,9-13H,8H2,1-5H3. The zero-order valence-corrected chi connectivity index (χ0v) is 15.1. The number of nitrogens with zero attached hydrogens (tertiary/aromatic N) is 2. The van der Waals surface area contributed by atoms with Gasteiger partial charge in [0.2, 0.25) is 0 Å². The molecular weight excluding hydrogens is 292 g/mol. The lowest BCUT2D eigenvalue weighted by Crippen LogP contribution is -2.24. The molecule has 1 aromatic heterocycles. The lowest BCUT2D eigenvalue weighted by Gasteiger charge is -2.35. The minimum atomic E-state index is -0.0357. The molecule has 0 spiro atoms. The lowest BCUT2D eigenvalue weighted by atomic mass is 9.69. The Balaban J connectivity index is 2.10. The van der Waals surface area contributed by atoms with Crippen LogP contribution in [-0.2, 0) is 11.8 Å². The number of hydrogen-bond acceptors (Lipinski definition) is 2. The third kappa shape index (κ3) is 2.16. The molecule has 24 heavy (non-hydrogen) atoms. The Kier molecular flexibility index (Phi) is 3.28. The van der Waals surface area contributed by atoms with Gasteiger partial charge in [-0.1, -0.05) is 51.5 Å². The van der Waals surface area contributed by atoms with Gasteiger partial charge in [-0.15, -0.1) is 0 Å². The number of aryl methyl sites for hydroxylation is 1. The van der Waals surface area contributed by atoms with E-state index in [1.165, 1.54) is 33.2 Å². The van der Waals surface area contributed by atoms with E-state index in [4.69, 9.17) is 0 Å². The van der Waals surface area contributed by atoms with E-state index in [1.807, 2.05) is 0 Å². The molecule has 1 heterocycles. The summed E-state index contributed by atoms with van der Waals surface area (Å²) in [5, 5.41) is 1.23. The maximum absolute atomic E-state index is 4.66. The Labute approximate surface area is 144 Å². The molecule has 0 bridgehead atoms. The molecule has 0 radical (unpaired) electrons. The molecule has 0 saturated heterocycles. The summed E-state index contributed by atoms with van der Waals surface area (Å²) >= 11 is 0. The summed E-state index contributed by atoms with van der Waals surface area (Å²) in [6.45, 7) is 11.3. The van der Waals surface area contributed by atoms with Gasteiger partial charge >= 0.3 is 0 Å². The number of rotatable bonds is 2. The van der Waals surface area contributed by atoms with Gasteiger partial charge in [-0.25, -0.2) is 9.97 Å². The van der Waals surface area contributed by atoms with Crippen molar-refractivity contribution in [2.75, 3.05) is 0 Å². The van der Waals surface area contributed by atoms with Crippen molar-refractivity contribution < 1.29 is 0 Å². The Morgan fingerprint density at radius 1 is 1.00 bits per heavy atom. The Morgan fingerprint density at radius 2 is 1.79 bits per heavy atom. The molecule has 2 heteroatoms. The highest BCUT2D eigenvalue weighted by Crippen LogP contribution is 2.47. The van der Waals surface area contributed by atoms with E-state index in [-0.39, 0.29) is 5.41 Å². The van der Waals surface area contributed by atoms with Gasteiger partial charge in [0, 0.05) is 16.4 Å². The first kappa shape index (κ1) is 15.3. The van der Waals surface area contributed by atoms with Crippen molar-refractivity contribution in [3.05, 3.63) is 58.9 Å². The molecule has 1 aliphatic rings. The van der Waals surface area contributed by atoms with Crippen LogP contribution in [0, 0.1) is 12.8 Å². The van der Waals surface area contributed by atoms with Gasteiger partial charge < -0.3 is 0 Å². The van der Waals surface area contributed by atoms with Gasteiger partial charge in [-0.2, -0.15) is 0 Å². The molecule has 0 saturated carbocycles. The smallest absolute Gasteiger partial charge is 0.116 e. The average Bonchev–Trinajstić information content (AvgIpc) is 2.51. The van der Waals surface area contributed by atoms with Crippen molar-refractivity contribution >= 4 is 10.9 Å². The van der Waals surface area contributed by atoms with Crippen molar-refractivity contribution in [1.82, 2.24) is 9.97 Å². The largest absolute Gasteiger partial charge is 0.236 e. The summed E-state index contributed by atoms with van der Waals surface area (Å²) in [7, 11) is 0. The molecular formula is C22H24N2. The maximum atomic E-state index is 4.66. The molecule has 0 amide bonds. The van der Waals surface area contributed by atoms with Crippen LogP contribution >= 0.6 is 0 Å². The van der Waals surface area contributed by atoms with E-state index in [1.54, 1.807) is 6.33 Å². The summed E-state index contributed by atoms with van der Waals surface area (Å²) in [5.41, 5.74) is 8.77. The van der Waals surface area contributed by atoms with Gasteiger partial charge in [0.1, 0.15) is 6.33 Å². The molecule has 4 rings (SSSR count). The minimum absolute atomic E-state index is 0.0357. The average molecular weight is 316 g/mol. The molecule has 0 unspecified atom stereocenters. The van der Waals surface area contributed by atoms with E-state index in [0.717, 1.165) is 17.6 Å². The van der Waals surface area contributed by atoms with Crippen LogP contribution in [0.1, 0.15) is 49.9 Å². The second-order valence-corrected chi connectivity index (χ2v) is 8.03. The number of hydrogen-bond donors (Lipinski definition) is 0. The quantitative estimate of drug-likeness (QED) is 0.629. The van der Waals surface area contributed by atoms with Gasteiger partial charge in [0.15, 0.2) is 0 Å². The lowest BCUT2D eigenvalue weighted by molar-refractivity contribution is 0.629. The summed E-state index contributed by atoms with van der Waals surface area (Å²) < 4.78 is 0. The zero-order chi connectivity index (χ0) is 17.1. The molecule has 2 aromatic carbocycles. The number of aromatic nitrogens is 2. The van der Waals surface area contributed by atoms with Crippen LogP contribution in [0.4, 0.5) is 0 Å². The molecule has 0 N–H and O–H groups in total. The van der Waals surface area contributed by atoms with Crippen LogP contribution in [0.3, 0.4) is 0 Å². The zero-order valence-electron chi connectivity index (χ0n) is 15.1. The highest BCUT2D eigenvalue weighted by molar-refractivity contribution is 5.99. The summed E-state index contributed by atoms with van der Waals surface area (Å²) in [5.74, 6) is 0.637. The normalized spacial score (nSPS) is 14.9. The SMILES string of the molecule is Cc1ccc2c(c1)-c1ncnc3cc(CC(C)C)cc(c13)C2(C)C. The molecule has 0 atom stereocenters. The molecule has 0 fully saturated rings. The minimum Gasteiger partial charge on any atom is -0.236 e. The van der Waals surface area contributed by atoms with Gasteiger partial charge in [-0.3, -0.25) is 0 Å². The van der Waals surface area contributed by atoms with Crippen molar-refractivity contribution in [3.8, 4) is 11.3 Å². The third-order valence-corrected chi connectivity index (χ3v) is 5.22. The van der Waals surface area contributed by atoms with E-state index >= 15 is 0 Å². The highest BCUT2D eigenvalue weighted by Gasteiger charge is 2.34. The summed E-state index contributed by atoms with van der Waals surface area (Å²) in [6.07, 6.45) is 2.80. The summed E-state index contributed by atoms with van der Waals surface area (Å²) in [4.78, 5) is 9.27. The van der Waals surface area contributed by atoms with E-state index in [2.05, 4.69) is 74.9 Å². The fourth-order valence-corrected chi connectivity index (χ4v) is 4.08. The van der Waals surface area contributed by atoms with Crippen molar-refractivity contribution in [2.24, 2.45) is 5.92 Å². The fraction of sp³-hybridized carbons (Fsp3) is 0.364. The monoisotopic (exact) mass is 316 g/mol. The van der Waals surface area contributed by atoms with Gasteiger partial charge in [0.25, 0.3) is 0 Å². The fourth-order valence-electron chi connectivity index (χ4n) is 4.08. The molecule has 3 aromatic rings. The molecule has 1 aliphatic carbocycles. The number of benzene rings is 2. The second kappa shape index (κ2) is 5.14. The third-order valence-electron chi connectivity index (χ3n) is 5.22. The first-order valence-electron chi connectivity index (χ1n) is 8.77. The van der Waals surface area contributed by atoms with Crippen LogP contribution in [-0.4, -0.2) is 9.97 Å². The first-order chi connectivity index (χ1) is 11.4. The Bertz CT molecular complexity index is 952. The second-order valence-electron chi connectivity index (χ2n) is 8.03. The van der Waals surface area contributed by atoms with Gasteiger partial charge in [-0.05, 0) is 48.1 Å². The van der Waals surface area contributed by atoms with E-state index in [9.17, 15) is 0 Å². The highest BCUT2D eigenvalue weighted by atomic mass is 14.8. The van der Waals surface area contributed by atoms with Crippen LogP contribution in [0.2, 0.25) is 0 Å². The Morgan fingerprint density at radius 3 is 2.54 bits per heavy atom. The molecule has 122 valence electrons. The predicted molar refractivity (Wildman–Crippen MR) is 100 cm³/mol. The number of fused-ring (bicyclic) bond motifs is 2. The van der Waals surface area contributed by atoms with Crippen LogP contribution in [0.25, 0.3) is 22.2 Å². The maximum Gasteiger partial charge on any atom is 0.116 e. The van der Waals surface area contributed by atoms with Crippen LogP contribution < -0.4 is 0 Å². The van der Waals surface area contributed by atoms with Crippen LogP contribution in [0.15, 0.2) is 36.7 Å². The van der Waals surface area contributed by atoms with Crippen molar-refractivity contribution in [1.29, 1.82) is 0 Å². The topological polar surface area (TPSA) is 25.8 Å². The molecule has 0 aliphatic heterocycles. The Hall–Kier alpha value is -2.22. The van der Waals surface area contributed by atoms with Crippen molar-refractivity contribution in [2.45, 2.75) is 46.5 Å². The van der Waals surface area contributed by atoms with Gasteiger partial charge in [0.05, 0.1) is 11.2 Å². The first-order valence-corrected chi connectivity index (χ1v) is 8.77. The van der Waals surface area contributed by atoms with Crippen LogP contribution in [0.5, 0.6) is 0 Å². The van der Waals surface area contributed by atoms with E-state index in [0.29, 0.717) is 5.92 Å². The predicted octanol–water partition coefficient (Wildman–Crippen LogP) is 5.44. The molecule has 2 nitrogen and oxygen atoms in total. The van der Waals surface area contributed by atoms with E-state index < -0.39 is 0 Å².